The Balaban J connectivity index is 1.87. The highest BCUT2D eigenvalue weighted by molar-refractivity contribution is 5.88. The summed E-state index contributed by atoms with van der Waals surface area (Å²) in [6.45, 7) is 6.75. The molecule has 4 N–H and O–H groups in total. The van der Waals surface area contributed by atoms with Gasteiger partial charge >= 0.3 is 0 Å². The molecule has 1 amide bonds. The van der Waals surface area contributed by atoms with Gasteiger partial charge in [0.2, 0.25) is 5.91 Å². The van der Waals surface area contributed by atoms with Crippen molar-refractivity contribution in [3.8, 4) is 0 Å². The molecular weight excluding hydrogens is 344 g/mol. The number of rotatable bonds is 8. The number of hydrogen-bond acceptors (Lipinski definition) is 4. The standard InChI is InChI=1S/C20H28N4O3/c1-4-21-19(23-14-20(3,26)18-6-5-13-27-18)22-12-11-16-7-9-17(10-8-16)24-15(2)25/h5-10,13,26H,4,11-12,14H2,1-3H3,(H,24,25)(H2,21,22,23). The van der Waals surface area contributed by atoms with E-state index >= 15 is 0 Å². The smallest absolute Gasteiger partial charge is 0.221 e. The largest absolute Gasteiger partial charge is 0.466 e. The van der Waals surface area contributed by atoms with E-state index in [1.807, 2.05) is 31.2 Å². The van der Waals surface area contributed by atoms with E-state index in [4.69, 9.17) is 4.42 Å². The molecule has 1 atom stereocenters. The Hall–Kier alpha value is -2.80. The molecular formula is C20H28N4O3. The predicted molar refractivity (Wildman–Crippen MR) is 107 cm³/mol. The fourth-order valence-electron chi connectivity index (χ4n) is 2.52. The fourth-order valence-corrected chi connectivity index (χ4v) is 2.52. The van der Waals surface area contributed by atoms with Crippen LogP contribution in [0.5, 0.6) is 0 Å². The Morgan fingerprint density at radius 1 is 1.22 bits per heavy atom. The first-order valence-electron chi connectivity index (χ1n) is 9.06. The lowest BCUT2D eigenvalue weighted by molar-refractivity contribution is -0.114. The minimum atomic E-state index is -1.16. The van der Waals surface area contributed by atoms with Crippen LogP contribution in [-0.4, -0.2) is 36.6 Å². The highest BCUT2D eigenvalue weighted by Gasteiger charge is 2.26. The quantitative estimate of drug-likeness (QED) is 0.421. The second-order valence-corrected chi connectivity index (χ2v) is 6.50. The normalized spacial score (nSPS) is 13.7. The average molecular weight is 372 g/mol. The third-order valence-corrected chi connectivity index (χ3v) is 3.92. The molecule has 0 saturated heterocycles. The summed E-state index contributed by atoms with van der Waals surface area (Å²) < 4.78 is 5.28. The molecule has 7 heteroatoms. The van der Waals surface area contributed by atoms with Crippen molar-refractivity contribution in [3.05, 3.63) is 54.0 Å². The molecule has 0 aliphatic carbocycles. The minimum Gasteiger partial charge on any atom is -0.466 e. The van der Waals surface area contributed by atoms with Crippen LogP contribution in [0.25, 0.3) is 0 Å². The van der Waals surface area contributed by atoms with E-state index < -0.39 is 5.60 Å². The summed E-state index contributed by atoms with van der Waals surface area (Å²) in [6, 6.07) is 11.2. The Morgan fingerprint density at radius 3 is 2.56 bits per heavy atom. The Morgan fingerprint density at radius 2 is 1.96 bits per heavy atom. The van der Waals surface area contributed by atoms with E-state index in [2.05, 4.69) is 20.9 Å². The first kappa shape index (κ1) is 20.5. The molecule has 0 bridgehead atoms. The van der Waals surface area contributed by atoms with E-state index in [1.54, 1.807) is 19.1 Å². The molecule has 7 nitrogen and oxygen atoms in total. The molecule has 1 unspecified atom stereocenters. The molecule has 0 radical (unpaired) electrons. The van der Waals surface area contributed by atoms with E-state index in [0.29, 0.717) is 18.3 Å². The molecule has 1 heterocycles. The monoisotopic (exact) mass is 372 g/mol. The van der Waals surface area contributed by atoms with Gasteiger partial charge in [0.25, 0.3) is 0 Å². The predicted octanol–water partition coefficient (Wildman–Crippen LogP) is 2.24. The molecule has 0 spiro atoms. The van der Waals surface area contributed by atoms with Crippen LogP contribution in [0.2, 0.25) is 0 Å². The lowest BCUT2D eigenvalue weighted by Crippen LogP contribution is -2.39. The lowest BCUT2D eigenvalue weighted by atomic mass is 10.0. The summed E-state index contributed by atoms with van der Waals surface area (Å²) in [5.41, 5.74) is 0.773. The number of carbonyl (C=O) groups is 1. The summed E-state index contributed by atoms with van der Waals surface area (Å²) in [5, 5.41) is 19.7. The Labute approximate surface area is 159 Å². The van der Waals surface area contributed by atoms with Gasteiger partial charge in [-0.2, -0.15) is 0 Å². The first-order valence-corrected chi connectivity index (χ1v) is 9.06. The van der Waals surface area contributed by atoms with Gasteiger partial charge < -0.3 is 25.5 Å². The number of amides is 1. The Bertz CT molecular complexity index is 737. The second kappa shape index (κ2) is 9.78. The van der Waals surface area contributed by atoms with Crippen molar-refractivity contribution in [1.82, 2.24) is 10.6 Å². The molecule has 0 aliphatic heterocycles. The molecule has 0 saturated carbocycles. The van der Waals surface area contributed by atoms with Crippen LogP contribution in [0.3, 0.4) is 0 Å². The third-order valence-electron chi connectivity index (χ3n) is 3.92. The molecule has 2 rings (SSSR count). The van der Waals surface area contributed by atoms with Gasteiger partial charge in [0.05, 0.1) is 12.8 Å². The lowest BCUT2D eigenvalue weighted by Gasteiger charge is -2.19. The number of nitrogens with zero attached hydrogens (tertiary/aromatic N) is 1. The maximum atomic E-state index is 11.0. The van der Waals surface area contributed by atoms with Gasteiger partial charge in [-0.15, -0.1) is 0 Å². The fraction of sp³-hybridized carbons (Fsp3) is 0.400. The summed E-state index contributed by atoms with van der Waals surface area (Å²) in [7, 11) is 0. The summed E-state index contributed by atoms with van der Waals surface area (Å²) in [4.78, 5) is 15.5. The molecule has 2 aromatic rings. The number of aliphatic imine (C=N–C) groups is 1. The van der Waals surface area contributed by atoms with Crippen LogP contribution in [0.15, 0.2) is 52.1 Å². The minimum absolute atomic E-state index is 0.0821. The Kier molecular flexibility index (Phi) is 7.43. The van der Waals surface area contributed by atoms with Crippen LogP contribution < -0.4 is 16.0 Å². The molecule has 1 aromatic heterocycles. The zero-order valence-electron chi connectivity index (χ0n) is 16.1. The first-order chi connectivity index (χ1) is 12.9. The van der Waals surface area contributed by atoms with Gasteiger partial charge in [0.15, 0.2) is 5.96 Å². The maximum Gasteiger partial charge on any atom is 0.221 e. The van der Waals surface area contributed by atoms with Crippen molar-refractivity contribution in [2.75, 3.05) is 25.0 Å². The van der Waals surface area contributed by atoms with Crippen molar-refractivity contribution < 1.29 is 14.3 Å². The molecule has 0 aliphatic rings. The average Bonchev–Trinajstić information content (AvgIpc) is 3.16. The van der Waals surface area contributed by atoms with E-state index in [-0.39, 0.29) is 12.5 Å². The van der Waals surface area contributed by atoms with Gasteiger partial charge in [-0.25, -0.2) is 4.99 Å². The number of carbonyl (C=O) groups excluding carboxylic acids is 1. The maximum absolute atomic E-state index is 11.0. The van der Waals surface area contributed by atoms with Gasteiger partial charge in [0, 0.05) is 25.7 Å². The van der Waals surface area contributed by atoms with Crippen LogP contribution in [-0.2, 0) is 16.8 Å². The van der Waals surface area contributed by atoms with Crippen molar-refractivity contribution in [3.63, 3.8) is 0 Å². The van der Waals surface area contributed by atoms with Crippen molar-refractivity contribution >= 4 is 17.6 Å². The number of hydrogen-bond donors (Lipinski definition) is 4. The molecule has 146 valence electrons. The van der Waals surface area contributed by atoms with E-state index in [9.17, 15) is 9.90 Å². The number of anilines is 1. The van der Waals surface area contributed by atoms with Gasteiger partial charge in [-0.05, 0) is 50.1 Å². The van der Waals surface area contributed by atoms with Gasteiger partial charge in [-0.3, -0.25) is 4.79 Å². The van der Waals surface area contributed by atoms with Crippen molar-refractivity contribution in [1.29, 1.82) is 0 Å². The summed E-state index contributed by atoms with van der Waals surface area (Å²) in [5.74, 6) is 1.04. The van der Waals surface area contributed by atoms with Crippen LogP contribution in [0, 0.1) is 0 Å². The van der Waals surface area contributed by atoms with Crippen LogP contribution >= 0.6 is 0 Å². The summed E-state index contributed by atoms with van der Waals surface area (Å²) >= 11 is 0. The zero-order valence-corrected chi connectivity index (χ0v) is 16.1. The molecule has 1 aromatic carbocycles. The highest BCUT2D eigenvalue weighted by Crippen LogP contribution is 2.21. The third kappa shape index (κ3) is 6.79. The summed E-state index contributed by atoms with van der Waals surface area (Å²) in [6.07, 6.45) is 2.34. The second-order valence-electron chi connectivity index (χ2n) is 6.50. The topological polar surface area (TPSA) is 98.9 Å². The van der Waals surface area contributed by atoms with Crippen LogP contribution in [0.1, 0.15) is 32.1 Å². The van der Waals surface area contributed by atoms with Crippen LogP contribution in [0.4, 0.5) is 5.69 Å². The van der Waals surface area contributed by atoms with Gasteiger partial charge in [-0.1, -0.05) is 12.1 Å². The SMILES string of the molecule is CCNC(=NCC(C)(O)c1ccco1)NCCc1ccc(NC(C)=O)cc1. The number of furan rings is 1. The van der Waals surface area contributed by atoms with Crippen molar-refractivity contribution in [2.45, 2.75) is 32.8 Å². The molecule has 27 heavy (non-hydrogen) atoms. The number of benzene rings is 1. The van der Waals surface area contributed by atoms with Gasteiger partial charge in [0.1, 0.15) is 11.4 Å². The van der Waals surface area contributed by atoms with E-state index in [1.165, 1.54) is 13.2 Å². The molecule has 0 fully saturated rings. The number of aliphatic hydroxyl groups is 1. The number of nitrogens with one attached hydrogen (secondary N) is 3. The zero-order chi connectivity index (χ0) is 19.7. The highest BCUT2D eigenvalue weighted by atomic mass is 16.4. The van der Waals surface area contributed by atoms with Crippen molar-refractivity contribution in [2.24, 2.45) is 4.99 Å². The number of guanidine groups is 1. The van der Waals surface area contributed by atoms with E-state index in [0.717, 1.165) is 24.2 Å².